The van der Waals surface area contributed by atoms with Gasteiger partial charge in [0, 0.05) is 17.8 Å². The molecule has 0 unspecified atom stereocenters. The minimum atomic E-state index is -2.18. The quantitative estimate of drug-likeness (QED) is 0.0659. The minimum absolute atomic E-state index is 0.0802. The number of rotatable bonds is 17. The van der Waals surface area contributed by atoms with Crippen LogP contribution in [0.15, 0.2) is 85.0 Å². The summed E-state index contributed by atoms with van der Waals surface area (Å²) in [5.74, 6) is 0.687. The molecule has 1 saturated carbocycles. The molecule has 3 aromatic rings. The van der Waals surface area contributed by atoms with E-state index in [4.69, 9.17) is 9.47 Å². The zero-order valence-corrected chi connectivity index (χ0v) is 32.1. The van der Waals surface area contributed by atoms with Crippen LogP contribution in [0.5, 0.6) is 0 Å². The van der Waals surface area contributed by atoms with E-state index in [1.165, 1.54) is 62.5 Å². The summed E-state index contributed by atoms with van der Waals surface area (Å²) in [4.78, 5) is 25.0. The number of aliphatic hydroxyl groups is 1. The van der Waals surface area contributed by atoms with Crippen LogP contribution in [0.4, 0.5) is 0 Å². The first-order valence-corrected chi connectivity index (χ1v) is 21.8. The van der Waals surface area contributed by atoms with Crippen molar-refractivity contribution in [1.29, 1.82) is 0 Å². The van der Waals surface area contributed by atoms with Crippen molar-refractivity contribution >= 4 is 25.2 Å². The van der Waals surface area contributed by atoms with Crippen LogP contribution in [-0.4, -0.2) is 31.7 Å². The molecule has 3 aromatic carbocycles. The second-order valence-corrected chi connectivity index (χ2v) is 19.8. The Bertz CT molecular complexity index is 1560. The van der Waals surface area contributed by atoms with Crippen molar-refractivity contribution in [2.75, 3.05) is 6.61 Å². The summed E-state index contributed by atoms with van der Waals surface area (Å²) in [6.45, 7) is 17.8. The lowest BCUT2D eigenvalue weighted by Gasteiger charge is -2.29. The molecule has 1 N–H and O–H groups in total. The monoisotopic (exact) mass is 694 g/mol. The molecule has 0 spiro atoms. The van der Waals surface area contributed by atoms with Gasteiger partial charge in [-0.2, -0.15) is 0 Å². The predicted molar refractivity (Wildman–Crippen MR) is 209 cm³/mol. The fraction of sp³-hybridized carbons (Fsp3) is 0.455. The van der Waals surface area contributed by atoms with Crippen LogP contribution in [0, 0.1) is 5.92 Å². The number of carbonyl (C=O) groups is 2. The number of unbranched alkanes of at least 4 members (excludes halogenated alkanes) is 2. The van der Waals surface area contributed by atoms with Gasteiger partial charge in [0.15, 0.2) is 0 Å². The van der Waals surface area contributed by atoms with Crippen molar-refractivity contribution < 1.29 is 24.2 Å². The average molecular weight is 695 g/mol. The second-order valence-electron chi connectivity index (χ2n) is 15.0. The number of hydrogen-bond acceptors (Lipinski definition) is 5. The number of hydrogen-bond donors (Lipinski definition) is 1. The van der Waals surface area contributed by atoms with E-state index < -0.39 is 20.0 Å². The van der Waals surface area contributed by atoms with Gasteiger partial charge in [0.2, 0.25) is 0 Å². The number of esters is 2. The van der Waals surface area contributed by atoms with E-state index in [1.54, 1.807) is 13.8 Å². The second kappa shape index (κ2) is 18.5. The lowest BCUT2D eigenvalue weighted by molar-refractivity contribution is -0.140. The summed E-state index contributed by atoms with van der Waals surface area (Å²) in [6, 6.07) is 22.7. The van der Waals surface area contributed by atoms with Gasteiger partial charge in [0.1, 0.15) is 13.2 Å². The molecule has 1 fully saturated rings. The van der Waals surface area contributed by atoms with Gasteiger partial charge in [-0.05, 0) is 114 Å². The van der Waals surface area contributed by atoms with Gasteiger partial charge in [-0.25, -0.2) is 9.59 Å². The Labute approximate surface area is 301 Å². The summed E-state index contributed by atoms with van der Waals surface area (Å²) >= 11 is 0. The van der Waals surface area contributed by atoms with Crippen LogP contribution in [0.2, 0.25) is 19.1 Å². The third kappa shape index (κ3) is 10.6. The molecule has 4 rings (SSSR count). The lowest BCUT2D eigenvalue weighted by atomic mass is 9.77. The average Bonchev–Trinajstić information content (AvgIpc) is 3.12. The molecule has 6 heteroatoms. The third-order valence-electron chi connectivity index (χ3n) is 10.3. The number of ether oxygens (including phenoxy) is 2. The Morgan fingerprint density at radius 2 is 1.22 bits per heavy atom. The molecular formula is C44H58O5Si. The van der Waals surface area contributed by atoms with Crippen LogP contribution < -0.4 is 5.19 Å². The SMILES string of the molecule is C=C(C)C(=O)OCc1cc(-c2ccc(-c3ccc(C4CCC(CCCCC)CC4)cc3)cc2)cc(COC(=O)C(=C)C)c1[Si](C)(C)CCCO. The van der Waals surface area contributed by atoms with Crippen molar-refractivity contribution in [1.82, 2.24) is 0 Å². The van der Waals surface area contributed by atoms with Gasteiger partial charge in [-0.3, -0.25) is 0 Å². The maximum Gasteiger partial charge on any atom is 0.333 e. The first-order chi connectivity index (χ1) is 23.9. The Morgan fingerprint density at radius 3 is 1.68 bits per heavy atom. The molecule has 268 valence electrons. The highest BCUT2D eigenvalue weighted by Gasteiger charge is 2.30. The van der Waals surface area contributed by atoms with E-state index in [9.17, 15) is 14.7 Å². The summed E-state index contributed by atoms with van der Waals surface area (Å²) < 4.78 is 11.4. The molecule has 50 heavy (non-hydrogen) atoms. The van der Waals surface area contributed by atoms with Crippen LogP contribution in [0.3, 0.4) is 0 Å². The molecule has 0 bridgehead atoms. The van der Waals surface area contributed by atoms with E-state index in [-0.39, 0.29) is 19.8 Å². The largest absolute Gasteiger partial charge is 0.457 e. The molecule has 0 amide bonds. The number of carbonyl (C=O) groups excluding carboxylic acids is 2. The smallest absolute Gasteiger partial charge is 0.333 e. The van der Waals surface area contributed by atoms with E-state index >= 15 is 0 Å². The van der Waals surface area contributed by atoms with Crippen molar-refractivity contribution in [3.8, 4) is 22.3 Å². The zero-order valence-electron chi connectivity index (χ0n) is 31.1. The fourth-order valence-electron chi connectivity index (χ4n) is 7.48. The molecule has 1 aliphatic rings. The van der Waals surface area contributed by atoms with Crippen molar-refractivity contribution in [3.63, 3.8) is 0 Å². The normalized spacial score (nSPS) is 16.1. The van der Waals surface area contributed by atoms with Gasteiger partial charge >= 0.3 is 11.9 Å². The molecule has 0 heterocycles. The first-order valence-electron chi connectivity index (χ1n) is 18.6. The molecule has 5 nitrogen and oxygen atoms in total. The maximum atomic E-state index is 12.5. The minimum Gasteiger partial charge on any atom is -0.457 e. The molecule has 1 aliphatic carbocycles. The van der Waals surface area contributed by atoms with Gasteiger partial charge in [-0.15, -0.1) is 0 Å². The Hall–Kier alpha value is -3.74. The summed E-state index contributed by atoms with van der Waals surface area (Å²) in [5, 5.41) is 10.7. The highest BCUT2D eigenvalue weighted by molar-refractivity contribution is 6.90. The molecule has 0 aliphatic heterocycles. The Morgan fingerprint density at radius 1 is 0.740 bits per heavy atom. The first kappa shape index (κ1) is 39.0. The third-order valence-corrected chi connectivity index (χ3v) is 13.9. The van der Waals surface area contributed by atoms with E-state index in [1.807, 2.05) is 0 Å². The highest BCUT2D eigenvalue weighted by Crippen LogP contribution is 2.38. The Balaban J connectivity index is 1.61. The van der Waals surface area contributed by atoms with Gasteiger partial charge in [0.05, 0.1) is 8.07 Å². The fourth-order valence-corrected chi connectivity index (χ4v) is 10.8. The molecule has 0 atom stereocenters. The summed E-state index contributed by atoms with van der Waals surface area (Å²) in [7, 11) is -2.18. The van der Waals surface area contributed by atoms with Gasteiger partial charge < -0.3 is 14.6 Å². The Kier molecular flexibility index (Phi) is 14.4. The van der Waals surface area contributed by atoms with Gasteiger partial charge in [0.25, 0.3) is 0 Å². The van der Waals surface area contributed by atoms with Crippen molar-refractivity contribution in [3.05, 3.63) is 102 Å². The number of aliphatic hydroxyl groups excluding tert-OH is 1. The molecule has 0 aromatic heterocycles. The maximum absolute atomic E-state index is 12.5. The topological polar surface area (TPSA) is 72.8 Å². The molecule has 0 radical (unpaired) electrons. The summed E-state index contributed by atoms with van der Waals surface area (Å²) in [6.07, 6.45) is 11.4. The number of benzene rings is 3. The van der Waals surface area contributed by atoms with Gasteiger partial charge in [-0.1, -0.05) is 113 Å². The summed E-state index contributed by atoms with van der Waals surface area (Å²) in [5.41, 5.74) is 8.24. The van der Waals surface area contributed by atoms with E-state index in [0.717, 1.165) is 45.0 Å². The van der Waals surface area contributed by atoms with Crippen LogP contribution >= 0.6 is 0 Å². The standard InChI is InChI=1S/C44H58O5Si/c1-8-9-10-12-33-13-15-34(16-14-33)35-17-19-36(20-18-35)37-21-23-38(24-22-37)39-27-40(29-48-43(46)31(2)3)42(50(6,7)26-11-25-45)41(28-39)30-49-44(47)32(4)5/h17-24,27-28,33-34,45H,2,4,8-16,25-26,29-30H2,1,3,5-7H3. The van der Waals surface area contributed by atoms with Crippen LogP contribution in [0.25, 0.3) is 22.3 Å². The van der Waals surface area contributed by atoms with E-state index in [2.05, 4.69) is 93.8 Å². The molecular weight excluding hydrogens is 637 g/mol. The van der Waals surface area contributed by atoms with Crippen LogP contribution in [0.1, 0.15) is 101 Å². The molecule has 0 saturated heterocycles. The van der Waals surface area contributed by atoms with Crippen molar-refractivity contribution in [2.45, 2.75) is 117 Å². The highest BCUT2D eigenvalue weighted by atomic mass is 28.3. The van der Waals surface area contributed by atoms with E-state index in [0.29, 0.717) is 23.5 Å². The van der Waals surface area contributed by atoms with Crippen molar-refractivity contribution in [2.24, 2.45) is 5.92 Å². The predicted octanol–water partition coefficient (Wildman–Crippen LogP) is 10.4. The lowest BCUT2D eigenvalue weighted by Crippen LogP contribution is -2.46. The zero-order chi connectivity index (χ0) is 36.3. The van der Waals surface area contributed by atoms with Crippen LogP contribution in [-0.2, 0) is 32.3 Å².